The van der Waals surface area contributed by atoms with Gasteiger partial charge in [0, 0.05) is 0 Å². The smallest absolute Gasteiger partial charge is 0.340 e. The maximum Gasteiger partial charge on any atom is 0.340 e. The predicted octanol–water partition coefficient (Wildman–Crippen LogP) is 3.08. The average Bonchev–Trinajstić information content (AvgIpc) is 2.29. The summed E-state index contributed by atoms with van der Waals surface area (Å²) in [5.74, 6) is 0. The van der Waals surface area contributed by atoms with Crippen molar-refractivity contribution in [2.45, 2.75) is 85.2 Å². The molecule has 0 bridgehead atoms. The molecule has 24 heavy (non-hydrogen) atoms. The van der Waals surface area contributed by atoms with Gasteiger partial charge in [0.2, 0.25) is 0 Å². The molecule has 0 spiro atoms. The average molecular weight is 386 g/mol. The summed E-state index contributed by atoms with van der Waals surface area (Å²) in [5.41, 5.74) is -0.784. The van der Waals surface area contributed by atoms with E-state index >= 15 is 0 Å². The van der Waals surface area contributed by atoms with Crippen molar-refractivity contribution in [3.05, 3.63) is 0 Å². The van der Waals surface area contributed by atoms with Crippen molar-refractivity contribution in [3.63, 3.8) is 0 Å². The highest BCUT2D eigenvalue weighted by molar-refractivity contribution is 8.06. The first-order chi connectivity index (χ1) is 10.7. The highest BCUT2D eigenvalue weighted by atomic mass is 32.5. The minimum absolute atomic E-state index is 0.0901. The molecule has 1 atom stereocenters. The van der Waals surface area contributed by atoms with Crippen LogP contribution in [0.3, 0.4) is 0 Å². The maximum absolute atomic E-state index is 9.36. The van der Waals surface area contributed by atoms with Crippen LogP contribution in [0.15, 0.2) is 0 Å². The lowest BCUT2D eigenvalue weighted by atomic mass is 10.2. The van der Waals surface area contributed by atoms with Crippen molar-refractivity contribution >= 4 is 18.5 Å². The van der Waals surface area contributed by atoms with Gasteiger partial charge in [0.15, 0.2) is 0 Å². The van der Waals surface area contributed by atoms with Crippen LogP contribution in [-0.2, 0) is 26.0 Å². The van der Waals surface area contributed by atoms with Gasteiger partial charge >= 0.3 is 6.72 Å². The minimum Gasteiger partial charge on any atom is -0.358 e. The number of ether oxygens (including phenoxy) is 1. The van der Waals surface area contributed by atoms with Crippen LogP contribution in [-0.4, -0.2) is 45.5 Å². The quantitative estimate of drug-likeness (QED) is 0.284. The van der Waals surface area contributed by atoms with E-state index in [0.717, 1.165) is 24.6 Å². The molecular weight excluding hydrogens is 351 g/mol. The highest BCUT2D eigenvalue weighted by Crippen LogP contribution is 2.38. The van der Waals surface area contributed by atoms with E-state index in [1.54, 1.807) is 0 Å². The summed E-state index contributed by atoms with van der Waals surface area (Å²) < 4.78 is 11.0. The Kier molecular flexibility index (Phi) is 10.7. The molecule has 0 saturated heterocycles. The van der Waals surface area contributed by atoms with Gasteiger partial charge in [-0.1, -0.05) is 12.2 Å². The van der Waals surface area contributed by atoms with Crippen LogP contribution in [0.25, 0.3) is 0 Å². The number of hydrogen-bond acceptors (Lipinski definition) is 6. The molecule has 0 aromatic heterocycles. The number of nitrogens with one attached hydrogen (secondary N) is 1. The molecule has 0 amide bonds. The van der Waals surface area contributed by atoms with Gasteiger partial charge in [-0.15, -0.1) is 0 Å². The third-order valence-corrected chi connectivity index (χ3v) is 3.09. The normalized spacial score (nSPS) is 15.1. The summed E-state index contributed by atoms with van der Waals surface area (Å²) in [4.78, 5) is 24.3. The fraction of sp³-hybridized carbons (Fsp3) is 1.00. The molecule has 9 heteroatoms. The molecule has 3 N–H and O–H groups in total. The minimum atomic E-state index is -3.84. The molecule has 0 radical (unpaired) electrons. The van der Waals surface area contributed by atoms with Crippen LogP contribution in [0.2, 0.25) is 0 Å². The van der Waals surface area contributed by atoms with E-state index in [-0.39, 0.29) is 11.8 Å². The van der Waals surface area contributed by atoms with Crippen molar-refractivity contribution in [1.29, 1.82) is 0 Å². The summed E-state index contributed by atoms with van der Waals surface area (Å²) in [7, 11) is 0. The third kappa shape index (κ3) is 15.9. The zero-order valence-corrected chi connectivity index (χ0v) is 17.7. The van der Waals surface area contributed by atoms with Crippen LogP contribution in [0.1, 0.15) is 67.7 Å². The Morgan fingerprint density at radius 1 is 1.12 bits per heavy atom. The molecule has 0 rings (SSSR count). The van der Waals surface area contributed by atoms with Crippen molar-refractivity contribution in [1.82, 2.24) is 10.5 Å². The Labute approximate surface area is 151 Å². The van der Waals surface area contributed by atoms with Gasteiger partial charge in [0.1, 0.15) is 6.23 Å². The predicted molar refractivity (Wildman–Crippen MR) is 99.5 cm³/mol. The number of hydrogen-bond donors (Lipinski definition) is 3. The van der Waals surface area contributed by atoms with E-state index in [2.05, 4.69) is 24.0 Å². The summed E-state index contributed by atoms with van der Waals surface area (Å²) in [6, 6.07) is 0. The van der Waals surface area contributed by atoms with Gasteiger partial charge in [-0.05, 0) is 79.2 Å². The standard InChI is InChI=1S/C15H35N2O5PS/c1-8-11-16-13(20-14(2,3)4)10-9-12-17(21-15(5,6)7)22-23(18,19)24/h13,16H,8-12H2,1-7H3,(H2,18,19,24). The molecule has 0 aromatic carbocycles. The van der Waals surface area contributed by atoms with Gasteiger partial charge in [0.05, 0.1) is 17.7 Å². The van der Waals surface area contributed by atoms with E-state index in [9.17, 15) is 9.79 Å². The molecule has 0 aliphatic rings. The zero-order chi connectivity index (χ0) is 19.0. The van der Waals surface area contributed by atoms with E-state index in [4.69, 9.17) is 14.2 Å². The molecule has 0 aromatic rings. The van der Waals surface area contributed by atoms with Crippen LogP contribution in [0.4, 0.5) is 0 Å². The maximum atomic E-state index is 9.36. The second-order valence-electron chi connectivity index (χ2n) is 7.65. The lowest BCUT2D eigenvalue weighted by Gasteiger charge is -2.31. The van der Waals surface area contributed by atoms with Gasteiger partial charge in [0.25, 0.3) is 0 Å². The first-order valence-electron chi connectivity index (χ1n) is 8.35. The van der Waals surface area contributed by atoms with Crippen molar-refractivity contribution in [2.75, 3.05) is 13.1 Å². The van der Waals surface area contributed by atoms with Crippen molar-refractivity contribution in [2.24, 2.45) is 0 Å². The van der Waals surface area contributed by atoms with Gasteiger partial charge in [-0.2, -0.15) is 4.62 Å². The van der Waals surface area contributed by atoms with Crippen molar-refractivity contribution < 1.29 is 24.0 Å². The first kappa shape index (κ1) is 24.4. The number of nitrogens with zero attached hydrogens (tertiary/aromatic N) is 1. The summed E-state index contributed by atoms with van der Waals surface area (Å²) in [5, 5.41) is 4.44. The largest absolute Gasteiger partial charge is 0.358 e. The lowest BCUT2D eigenvalue weighted by molar-refractivity contribution is -0.361. The molecule has 0 aliphatic heterocycles. The van der Waals surface area contributed by atoms with Crippen LogP contribution in [0, 0.1) is 0 Å². The second kappa shape index (κ2) is 10.5. The van der Waals surface area contributed by atoms with Crippen LogP contribution < -0.4 is 5.32 Å². The Balaban J connectivity index is 4.59. The van der Waals surface area contributed by atoms with Crippen LogP contribution >= 0.6 is 6.72 Å². The molecular formula is C15H35N2O5PS. The number of hydroxylamine groups is 2. The van der Waals surface area contributed by atoms with Crippen LogP contribution in [0.5, 0.6) is 0 Å². The second-order valence-corrected chi connectivity index (χ2v) is 10.2. The van der Waals surface area contributed by atoms with Gasteiger partial charge in [-0.3, -0.25) is 10.2 Å². The lowest BCUT2D eigenvalue weighted by Crippen LogP contribution is -2.39. The van der Waals surface area contributed by atoms with E-state index < -0.39 is 12.3 Å². The van der Waals surface area contributed by atoms with Gasteiger partial charge in [-0.25, -0.2) is 0 Å². The highest BCUT2D eigenvalue weighted by Gasteiger charge is 2.24. The first-order valence-corrected chi connectivity index (χ1v) is 11.0. The van der Waals surface area contributed by atoms with E-state index in [1.165, 1.54) is 0 Å². The molecule has 0 saturated carbocycles. The Bertz CT molecular complexity index is 392. The monoisotopic (exact) mass is 386 g/mol. The zero-order valence-electron chi connectivity index (χ0n) is 16.0. The third-order valence-electron chi connectivity index (χ3n) is 2.50. The fourth-order valence-electron chi connectivity index (χ4n) is 1.87. The summed E-state index contributed by atoms with van der Waals surface area (Å²) >= 11 is 4.52. The summed E-state index contributed by atoms with van der Waals surface area (Å²) in [6.07, 6.45) is 2.32. The molecule has 7 nitrogen and oxygen atoms in total. The Morgan fingerprint density at radius 3 is 2.12 bits per heavy atom. The Morgan fingerprint density at radius 2 is 1.71 bits per heavy atom. The fourth-order valence-corrected chi connectivity index (χ4v) is 2.44. The van der Waals surface area contributed by atoms with Crippen molar-refractivity contribution in [3.8, 4) is 0 Å². The molecule has 1 unspecified atom stereocenters. The van der Waals surface area contributed by atoms with E-state index in [1.807, 2.05) is 41.5 Å². The molecule has 0 aliphatic carbocycles. The van der Waals surface area contributed by atoms with E-state index in [0.29, 0.717) is 13.0 Å². The molecule has 0 fully saturated rings. The SMILES string of the molecule is CCCNC(CCCN(OC(C)(C)C)OP(O)(O)=S)OC(C)(C)C. The molecule has 0 heterocycles. The Hall–Kier alpha value is 0.370. The summed E-state index contributed by atoms with van der Waals surface area (Å²) in [6.45, 7) is 11.0. The van der Waals surface area contributed by atoms with Gasteiger partial charge < -0.3 is 14.5 Å². The number of rotatable bonds is 11. The molecule has 146 valence electrons. The topological polar surface area (TPSA) is 83.4 Å².